The quantitative estimate of drug-likeness (QED) is 0.722. The average Bonchev–Trinajstić information content (AvgIpc) is 3.05. The molecule has 2 fully saturated rings. The van der Waals surface area contributed by atoms with Crippen LogP contribution in [0.4, 0.5) is 5.82 Å². The Hall–Kier alpha value is -1.73. The minimum absolute atomic E-state index is 0.256. The van der Waals surface area contributed by atoms with Crippen molar-refractivity contribution in [3.63, 3.8) is 0 Å². The first kappa shape index (κ1) is 19.6. The van der Waals surface area contributed by atoms with E-state index in [1.165, 1.54) is 43.4 Å². The molecule has 28 heavy (non-hydrogen) atoms. The van der Waals surface area contributed by atoms with Crippen LogP contribution in [-0.2, 0) is 4.74 Å². The van der Waals surface area contributed by atoms with Crippen molar-refractivity contribution < 1.29 is 9.53 Å². The molecule has 7 heteroatoms. The summed E-state index contributed by atoms with van der Waals surface area (Å²) in [5, 5.41) is 1.02. The predicted octanol–water partition coefficient (Wildman–Crippen LogP) is 3.94. The van der Waals surface area contributed by atoms with Crippen molar-refractivity contribution in [3.05, 3.63) is 16.3 Å². The molecule has 2 aromatic heterocycles. The maximum absolute atomic E-state index is 12.3. The van der Waals surface area contributed by atoms with Crippen LogP contribution in [0.2, 0.25) is 0 Å². The highest BCUT2D eigenvalue weighted by molar-refractivity contribution is 7.20. The van der Waals surface area contributed by atoms with Gasteiger partial charge in [0.25, 0.3) is 0 Å². The number of thiophene rings is 1. The van der Waals surface area contributed by atoms with Crippen molar-refractivity contribution in [2.45, 2.75) is 58.9 Å². The van der Waals surface area contributed by atoms with Crippen LogP contribution in [0.25, 0.3) is 10.2 Å². The van der Waals surface area contributed by atoms with E-state index in [4.69, 9.17) is 9.72 Å². The predicted molar refractivity (Wildman–Crippen MR) is 114 cm³/mol. The van der Waals surface area contributed by atoms with Gasteiger partial charge in [0, 0.05) is 32.2 Å². The molecule has 1 saturated carbocycles. The van der Waals surface area contributed by atoms with Gasteiger partial charge < -0.3 is 9.64 Å². The minimum Gasteiger partial charge on any atom is -0.462 e. The fraction of sp³-hybridized carbons (Fsp3) is 0.667. The van der Waals surface area contributed by atoms with E-state index >= 15 is 0 Å². The van der Waals surface area contributed by atoms with E-state index in [1.54, 1.807) is 0 Å². The van der Waals surface area contributed by atoms with E-state index in [0.717, 1.165) is 59.6 Å². The zero-order valence-electron chi connectivity index (χ0n) is 17.2. The molecule has 0 amide bonds. The molecule has 0 bridgehead atoms. The molecule has 4 rings (SSSR count). The highest BCUT2D eigenvalue weighted by Crippen LogP contribution is 2.36. The van der Waals surface area contributed by atoms with Gasteiger partial charge in [0.1, 0.15) is 21.3 Å². The Labute approximate surface area is 170 Å². The second-order valence-electron chi connectivity index (χ2n) is 7.87. The molecule has 0 radical (unpaired) electrons. The van der Waals surface area contributed by atoms with Gasteiger partial charge in [-0.25, -0.2) is 14.8 Å². The Balaban J connectivity index is 1.59. The largest absolute Gasteiger partial charge is 0.462 e. The van der Waals surface area contributed by atoms with E-state index in [-0.39, 0.29) is 5.97 Å². The fourth-order valence-corrected chi connectivity index (χ4v) is 5.70. The number of carbonyl (C=O) groups excluding carboxylic acids is 1. The van der Waals surface area contributed by atoms with Crippen LogP contribution in [-0.4, -0.2) is 59.7 Å². The van der Waals surface area contributed by atoms with Crippen LogP contribution < -0.4 is 4.90 Å². The van der Waals surface area contributed by atoms with Crippen molar-refractivity contribution in [1.82, 2.24) is 14.9 Å². The Morgan fingerprint density at radius 2 is 1.82 bits per heavy atom. The second-order valence-corrected chi connectivity index (χ2v) is 8.87. The lowest BCUT2D eigenvalue weighted by Gasteiger charge is -2.41. The highest BCUT2D eigenvalue weighted by Gasteiger charge is 2.28. The Morgan fingerprint density at radius 1 is 1.11 bits per heavy atom. The van der Waals surface area contributed by atoms with E-state index in [1.807, 2.05) is 20.8 Å². The molecule has 3 heterocycles. The van der Waals surface area contributed by atoms with Crippen LogP contribution in [0.3, 0.4) is 0 Å². The summed E-state index contributed by atoms with van der Waals surface area (Å²) >= 11 is 1.42. The van der Waals surface area contributed by atoms with Gasteiger partial charge in [-0.2, -0.15) is 0 Å². The number of nitrogens with zero attached hydrogens (tertiary/aromatic N) is 4. The maximum atomic E-state index is 12.3. The van der Waals surface area contributed by atoms with Gasteiger partial charge in [0.2, 0.25) is 0 Å². The number of piperazine rings is 1. The molecule has 2 aromatic rings. The second kappa shape index (κ2) is 8.33. The van der Waals surface area contributed by atoms with E-state index in [2.05, 4.69) is 14.8 Å². The van der Waals surface area contributed by atoms with Gasteiger partial charge in [-0.15, -0.1) is 11.3 Å². The van der Waals surface area contributed by atoms with Crippen molar-refractivity contribution >= 4 is 33.3 Å². The molecular weight excluding hydrogens is 372 g/mol. The number of hydrogen-bond acceptors (Lipinski definition) is 7. The van der Waals surface area contributed by atoms with Crippen LogP contribution in [0.15, 0.2) is 0 Å². The van der Waals surface area contributed by atoms with Crippen molar-refractivity contribution in [2.75, 3.05) is 37.7 Å². The van der Waals surface area contributed by atoms with Crippen LogP contribution in [0.5, 0.6) is 0 Å². The van der Waals surface area contributed by atoms with Crippen LogP contribution >= 0.6 is 11.3 Å². The third-order valence-electron chi connectivity index (χ3n) is 6.05. The van der Waals surface area contributed by atoms with Crippen LogP contribution in [0.1, 0.15) is 60.1 Å². The number of hydrogen-bond donors (Lipinski definition) is 0. The summed E-state index contributed by atoms with van der Waals surface area (Å²) in [7, 11) is 0. The SMILES string of the molecule is CCOC(=O)c1sc2nc(C)nc(N3CCN(C4CCCCC4)CC3)c2c1C. The average molecular weight is 403 g/mol. The number of esters is 1. The monoisotopic (exact) mass is 402 g/mol. The smallest absolute Gasteiger partial charge is 0.348 e. The number of aromatic nitrogens is 2. The molecule has 0 N–H and O–H groups in total. The lowest BCUT2D eigenvalue weighted by atomic mass is 9.94. The summed E-state index contributed by atoms with van der Waals surface area (Å²) in [6.45, 7) is 10.3. The summed E-state index contributed by atoms with van der Waals surface area (Å²) < 4.78 is 5.24. The first-order valence-electron chi connectivity index (χ1n) is 10.5. The first-order valence-corrected chi connectivity index (χ1v) is 11.3. The van der Waals surface area contributed by atoms with Gasteiger partial charge in [0.05, 0.1) is 12.0 Å². The van der Waals surface area contributed by atoms with E-state index in [9.17, 15) is 4.79 Å². The molecule has 1 aliphatic heterocycles. The lowest BCUT2D eigenvalue weighted by Crippen LogP contribution is -2.51. The summed E-state index contributed by atoms with van der Waals surface area (Å²) in [5.41, 5.74) is 0.947. The first-order chi connectivity index (χ1) is 13.6. The standard InChI is InChI=1S/C21H30N4O2S/c1-4-27-21(26)18-14(2)17-19(22-15(3)23-20(17)28-18)25-12-10-24(11-13-25)16-8-6-5-7-9-16/h16H,4-13H2,1-3H3. The highest BCUT2D eigenvalue weighted by atomic mass is 32.1. The number of carbonyl (C=O) groups is 1. The number of fused-ring (bicyclic) bond motifs is 1. The van der Waals surface area contributed by atoms with E-state index < -0.39 is 0 Å². The fourth-order valence-electron chi connectivity index (χ4n) is 4.59. The minimum atomic E-state index is -0.256. The van der Waals surface area contributed by atoms with Crippen molar-refractivity contribution in [1.29, 1.82) is 0 Å². The maximum Gasteiger partial charge on any atom is 0.348 e. The number of rotatable bonds is 4. The van der Waals surface area contributed by atoms with Gasteiger partial charge in [0.15, 0.2) is 0 Å². The third-order valence-corrected chi connectivity index (χ3v) is 7.21. The molecule has 0 unspecified atom stereocenters. The summed E-state index contributed by atoms with van der Waals surface area (Å²) in [6.07, 6.45) is 6.85. The summed E-state index contributed by atoms with van der Waals surface area (Å²) in [5.74, 6) is 1.48. The topological polar surface area (TPSA) is 58.6 Å². The van der Waals surface area contributed by atoms with Gasteiger partial charge in [-0.3, -0.25) is 4.90 Å². The van der Waals surface area contributed by atoms with E-state index in [0.29, 0.717) is 11.5 Å². The van der Waals surface area contributed by atoms with Gasteiger partial charge in [-0.05, 0) is 39.2 Å². The molecule has 2 aliphatic rings. The van der Waals surface area contributed by atoms with Gasteiger partial charge >= 0.3 is 5.97 Å². The summed E-state index contributed by atoms with van der Waals surface area (Å²) in [4.78, 5) is 28.3. The third kappa shape index (κ3) is 3.74. The van der Waals surface area contributed by atoms with Crippen LogP contribution in [0, 0.1) is 13.8 Å². The zero-order valence-corrected chi connectivity index (χ0v) is 18.0. The molecule has 0 atom stereocenters. The number of aryl methyl sites for hydroxylation is 2. The molecule has 6 nitrogen and oxygen atoms in total. The Morgan fingerprint density at radius 3 is 2.50 bits per heavy atom. The normalized spacial score (nSPS) is 19.3. The Bertz CT molecular complexity index is 852. The van der Waals surface area contributed by atoms with Crippen molar-refractivity contribution in [3.8, 4) is 0 Å². The molecule has 0 aromatic carbocycles. The van der Waals surface area contributed by atoms with Crippen molar-refractivity contribution in [2.24, 2.45) is 0 Å². The number of ether oxygens (including phenoxy) is 1. The molecule has 1 aliphatic carbocycles. The summed E-state index contributed by atoms with van der Waals surface area (Å²) in [6, 6.07) is 0.765. The van der Waals surface area contributed by atoms with Gasteiger partial charge in [-0.1, -0.05) is 19.3 Å². The zero-order chi connectivity index (χ0) is 19.7. The molecule has 1 saturated heterocycles. The molecular formula is C21H30N4O2S. The lowest BCUT2D eigenvalue weighted by molar-refractivity contribution is 0.0531. The molecule has 152 valence electrons. The number of anilines is 1. The Kier molecular flexibility index (Phi) is 5.83. The molecule has 0 spiro atoms.